The lowest BCUT2D eigenvalue weighted by molar-refractivity contribution is -0.134. The normalized spacial score (nSPS) is 17.0. The fourth-order valence-corrected chi connectivity index (χ4v) is 4.91. The van der Waals surface area contributed by atoms with Crippen molar-refractivity contribution in [2.75, 3.05) is 26.2 Å². The van der Waals surface area contributed by atoms with Crippen molar-refractivity contribution < 1.29 is 22.4 Å². The van der Waals surface area contributed by atoms with Crippen LogP contribution in [0.3, 0.4) is 0 Å². The van der Waals surface area contributed by atoms with Gasteiger partial charge >= 0.3 is 0 Å². The van der Waals surface area contributed by atoms with Crippen LogP contribution in [0.4, 0.5) is 0 Å². The van der Waals surface area contributed by atoms with Crippen molar-refractivity contribution in [3.8, 4) is 0 Å². The van der Waals surface area contributed by atoms with Gasteiger partial charge in [0.25, 0.3) is 0 Å². The molecule has 2 heterocycles. The molecule has 0 N–H and O–H groups in total. The average Bonchev–Trinajstić information content (AvgIpc) is 3.42. The number of sulfonamides is 1. The third kappa shape index (κ3) is 5.68. The van der Waals surface area contributed by atoms with Gasteiger partial charge in [0.15, 0.2) is 0 Å². The standard InChI is InChI=1S/C21H28N2O5S/c1-2-12-23(29(25,26)20-10-4-3-5-11-20)17-21(24)22(15-18-8-6-13-27-18)16-19-9-7-14-28-19/h3-6,8,10-11,13,19H,2,7,9,12,14-17H2,1H3/t19-/m0/s1. The lowest BCUT2D eigenvalue weighted by Crippen LogP contribution is -2.45. The van der Waals surface area contributed by atoms with Crippen LogP contribution in [0, 0.1) is 0 Å². The highest BCUT2D eigenvalue weighted by molar-refractivity contribution is 7.89. The molecule has 1 aliphatic rings. The fraction of sp³-hybridized carbons (Fsp3) is 0.476. The number of amides is 1. The van der Waals surface area contributed by atoms with E-state index in [9.17, 15) is 13.2 Å². The number of carbonyl (C=O) groups is 1. The number of benzene rings is 1. The summed E-state index contributed by atoms with van der Waals surface area (Å²) in [5, 5.41) is 0. The van der Waals surface area contributed by atoms with Crippen LogP contribution in [0.2, 0.25) is 0 Å². The third-order valence-electron chi connectivity index (χ3n) is 4.89. The number of rotatable bonds is 10. The van der Waals surface area contributed by atoms with Crippen LogP contribution >= 0.6 is 0 Å². The molecule has 0 spiro atoms. The predicted molar refractivity (Wildman–Crippen MR) is 109 cm³/mol. The van der Waals surface area contributed by atoms with Crippen molar-refractivity contribution in [2.24, 2.45) is 0 Å². The lowest BCUT2D eigenvalue weighted by Gasteiger charge is -2.28. The maximum Gasteiger partial charge on any atom is 0.243 e. The molecule has 0 aliphatic carbocycles. The molecule has 7 nitrogen and oxygen atoms in total. The van der Waals surface area contributed by atoms with Crippen LogP contribution < -0.4 is 0 Å². The van der Waals surface area contributed by atoms with Crippen molar-refractivity contribution in [1.29, 1.82) is 0 Å². The van der Waals surface area contributed by atoms with Gasteiger partial charge in [0.1, 0.15) is 5.76 Å². The van der Waals surface area contributed by atoms with E-state index in [2.05, 4.69) is 0 Å². The first-order valence-corrected chi connectivity index (χ1v) is 11.4. The molecule has 0 unspecified atom stereocenters. The summed E-state index contributed by atoms with van der Waals surface area (Å²) in [6, 6.07) is 11.8. The van der Waals surface area contributed by atoms with Crippen LogP contribution in [-0.4, -0.2) is 55.9 Å². The predicted octanol–water partition coefficient (Wildman–Crippen LogP) is 2.89. The molecule has 0 radical (unpaired) electrons. The van der Waals surface area contributed by atoms with Gasteiger partial charge in [-0.05, 0) is 43.5 Å². The molecular weight excluding hydrogens is 392 g/mol. The summed E-state index contributed by atoms with van der Waals surface area (Å²) >= 11 is 0. The number of ether oxygens (including phenoxy) is 1. The van der Waals surface area contributed by atoms with Gasteiger partial charge in [-0.2, -0.15) is 4.31 Å². The molecule has 1 aliphatic heterocycles. The average molecular weight is 421 g/mol. The van der Waals surface area contributed by atoms with E-state index in [1.54, 1.807) is 53.6 Å². The Kier molecular flexibility index (Phi) is 7.46. The van der Waals surface area contributed by atoms with E-state index in [1.807, 2.05) is 6.92 Å². The number of hydrogen-bond acceptors (Lipinski definition) is 5. The minimum absolute atomic E-state index is 0.0285. The SMILES string of the molecule is CCCN(CC(=O)N(Cc1ccco1)C[C@@H]1CCCO1)S(=O)(=O)c1ccccc1. The largest absolute Gasteiger partial charge is 0.467 e. The zero-order valence-electron chi connectivity index (χ0n) is 16.7. The molecule has 0 saturated carbocycles. The van der Waals surface area contributed by atoms with E-state index < -0.39 is 10.0 Å². The molecule has 0 bridgehead atoms. The summed E-state index contributed by atoms with van der Waals surface area (Å²) in [5.74, 6) is 0.397. The smallest absolute Gasteiger partial charge is 0.243 e. The molecule has 1 aromatic carbocycles. The fourth-order valence-electron chi connectivity index (χ4n) is 3.41. The second-order valence-corrected chi connectivity index (χ2v) is 9.08. The Morgan fingerprint density at radius 1 is 1.17 bits per heavy atom. The molecule has 1 atom stereocenters. The molecular formula is C21H28N2O5S. The summed E-state index contributed by atoms with van der Waals surface area (Å²) in [6.45, 7) is 3.36. The first kappa shape index (κ1) is 21.5. The van der Waals surface area contributed by atoms with Crippen molar-refractivity contribution in [3.05, 3.63) is 54.5 Å². The van der Waals surface area contributed by atoms with Gasteiger partial charge in [0.2, 0.25) is 15.9 Å². The van der Waals surface area contributed by atoms with Gasteiger partial charge in [-0.1, -0.05) is 25.1 Å². The minimum atomic E-state index is -3.75. The Labute approximate surface area is 172 Å². The van der Waals surface area contributed by atoms with Crippen LogP contribution in [0.15, 0.2) is 58.0 Å². The Balaban J connectivity index is 1.77. The molecule has 3 rings (SSSR count). The molecule has 8 heteroatoms. The lowest BCUT2D eigenvalue weighted by atomic mass is 10.2. The highest BCUT2D eigenvalue weighted by Gasteiger charge is 2.29. The van der Waals surface area contributed by atoms with E-state index >= 15 is 0 Å². The molecule has 2 aromatic rings. The quantitative estimate of drug-likeness (QED) is 0.590. The van der Waals surface area contributed by atoms with E-state index in [4.69, 9.17) is 9.15 Å². The van der Waals surface area contributed by atoms with Crippen LogP contribution in [0.5, 0.6) is 0 Å². The Hall–Kier alpha value is -2.16. The van der Waals surface area contributed by atoms with E-state index in [1.165, 1.54) is 4.31 Å². The van der Waals surface area contributed by atoms with Gasteiger partial charge in [-0.25, -0.2) is 8.42 Å². The summed E-state index contributed by atoms with van der Waals surface area (Å²) < 4.78 is 38.5. The zero-order valence-corrected chi connectivity index (χ0v) is 17.5. The Morgan fingerprint density at radius 2 is 1.97 bits per heavy atom. The minimum Gasteiger partial charge on any atom is -0.467 e. The first-order chi connectivity index (χ1) is 14.0. The summed E-state index contributed by atoms with van der Waals surface area (Å²) in [7, 11) is -3.75. The first-order valence-electron chi connectivity index (χ1n) is 9.97. The Morgan fingerprint density at radius 3 is 2.59 bits per heavy atom. The van der Waals surface area contributed by atoms with Crippen molar-refractivity contribution >= 4 is 15.9 Å². The summed E-state index contributed by atoms with van der Waals surface area (Å²) in [4.78, 5) is 15.0. The highest BCUT2D eigenvalue weighted by atomic mass is 32.2. The van der Waals surface area contributed by atoms with E-state index in [-0.39, 0.29) is 36.5 Å². The summed E-state index contributed by atoms with van der Waals surface area (Å²) in [6.07, 6.45) is 4.01. The van der Waals surface area contributed by atoms with Crippen LogP contribution in [-0.2, 0) is 26.1 Å². The zero-order chi connectivity index (χ0) is 20.7. The van der Waals surface area contributed by atoms with Gasteiger partial charge in [0, 0.05) is 19.7 Å². The number of hydrogen-bond donors (Lipinski definition) is 0. The third-order valence-corrected chi connectivity index (χ3v) is 6.75. The van der Waals surface area contributed by atoms with E-state index in [0.29, 0.717) is 25.3 Å². The Bertz CT molecular complexity index is 862. The van der Waals surface area contributed by atoms with Gasteiger partial charge < -0.3 is 14.1 Å². The topological polar surface area (TPSA) is 80.1 Å². The van der Waals surface area contributed by atoms with E-state index in [0.717, 1.165) is 12.8 Å². The number of nitrogens with zero attached hydrogens (tertiary/aromatic N) is 2. The van der Waals surface area contributed by atoms with Crippen molar-refractivity contribution in [3.63, 3.8) is 0 Å². The molecule has 1 fully saturated rings. The molecule has 158 valence electrons. The monoisotopic (exact) mass is 420 g/mol. The molecule has 1 aromatic heterocycles. The second kappa shape index (κ2) is 10.0. The van der Waals surface area contributed by atoms with Crippen molar-refractivity contribution in [1.82, 2.24) is 9.21 Å². The molecule has 1 amide bonds. The van der Waals surface area contributed by atoms with Crippen LogP contribution in [0.25, 0.3) is 0 Å². The number of furan rings is 1. The summed E-state index contributed by atoms with van der Waals surface area (Å²) in [5.41, 5.74) is 0. The van der Waals surface area contributed by atoms with Crippen LogP contribution in [0.1, 0.15) is 31.9 Å². The molecule has 29 heavy (non-hydrogen) atoms. The highest BCUT2D eigenvalue weighted by Crippen LogP contribution is 2.19. The van der Waals surface area contributed by atoms with Gasteiger partial charge in [0.05, 0.1) is 30.4 Å². The molecule has 1 saturated heterocycles. The van der Waals surface area contributed by atoms with Gasteiger partial charge in [-0.15, -0.1) is 0 Å². The maximum absolute atomic E-state index is 13.1. The second-order valence-electron chi connectivity index (χ2n) is 7.14. The van der Waals surface area contributed by atoms with Gasteiger partial charge in [-0.3, -0.25) is 4.79 Å². The number of carbonyl (C=O) groups excluding carboxylic acids is 1. The maximum atomic E-state index is 13.1. The van der Waals surface area contributed by atoms with Crippen molar-refractivity contribution in [2.45, 2.75) is 43.7 Å².